The van der Waals surface area contributed by atoms with Gasteiger partial charge in [0.25, 0.3) is 0 Å². The maximum atomic E-state index is 11.6. The van der Waals surface area contributed by atoms with Crippen LogP contribution in [-0.2, 0) is 6.54 Å². The SMILES string of the molecule is COc1ccc(CNc2cc(Nc3cccc(C(C)=O)c3)nc(C)n2)cc1OC. The number of ether oxygens (including phenoxy) is 2. The van der Waals surface area contributed by atoms with Crippen LogP contribution < -0.4 is 20.1 Å². The number of hydrogen-bond donors (Lipinski definition) is 2. The number of methoxy groups -OCH3 is 2. The zero-order valence-corrected chi connectivity index (χ0v) is 16.9. The second kappa shape index (κ2) is 9.05. The van der Waals surface area contributed by atoms with Crippen LogP contribution in [0, 0.1) is 6.92 Å². The Morgan fingerprint density at radius 2 is 1.72 bits per heavy atom. The van der Waals surface area contributed by atoms with Crippen LogP contribution in [0.5, 0.6) is 11.5 Å². The van der Waals surface area contributed by atoms with Gasteiger partial charge in [-0.25, -0.2) is 9.97 Å². The van der Waals surface area contributed by atoms with E-state index in [4.69, 9.17) is 9.47 Å². The first-order valence-corrected chi connectivity index (χ1v) is 9.17. The molecule has 2 N–H and O–H groups in total. The summed E-state index contributed by atoms with van der Waals surface area (Å²) in [4.78, 5) is 20.4. The number of nitrogens with one attached hydrogen (secondary N) is 2. The highest BCUT2D eigenvalue weighted by atomic mass is 16.5. The lowest BCUT2D eigenvalue weighted by Crippen LogP contribution is -2.05. The normalized spacial score (nSPS) is 10.3. The molecule has 0 radical (unpaired) electrons. The van der Waals surface area contributed by atoms with Crippen LogP contribution >= 0.6 is 0 Å². The molecule has 0 aliphatic rings. The fraction of sp³-hybridized carbons (Fsp3) is 0.227. The molecule has 0 amide bonds. The predicted molar refractivity (Wildman–Crippen MR) is 113 cm³/mol. The third-order valence-electron chi connectivity index (χ3n) is 4.30. The molecule has 2 aromatic carbocycles. The second-order valence-electron chi connectivity index (χ2n) is 6.49. The Labute approximate surface area is 170 Å². The molecule has 7 nitrogen and oxygen atoms in total. The Bertz CT molecular complexity index is 1020. The number of benzene rings is 2. The molecule has 0 saturated heterocycles. The zero-order chi connectivity index (χ0) is 20.8. The molecule has 7 heteroatoms. The minimum Gasteiger partial charge on any atom is -0.493 e. The van der Waals surface area contributed by atoms with Gasteiger partial charge in [-0.15, -0.1) is 0 Å². The molecule has 1 heterocycles. The summed E-state index contributed by atoms with van der Waals surface area (Å²) in [7, 11) is 3.22. The van der Waals surface area contributed by atoms with E-state index >= 15 is 0 Å². The van der Waals surface area contributed by atoms with Crippen LogP contribution in [0.15, 0.2) is 48.5 Å². The Hall–Kier alpha value is -3.61. The lowest BCUT2D eigenvalue weighted by Gasteiger charge is -2.12. The van der Waals surface area contributed by atoms with Crippen molar-refractivity contribution in [2.24, 2.45) is 0 Å². The van der Waals surface area contributed by atoms with Crippen molar-refractivity contribution < 1.29 is 14.3 Å². The fourth-order valence-corrected chi connectivity index (χ4v) is 2.87. The number of carbonyl (C=O) groups is 1. The molecule has 0 atom stereocenters. The Morgan fingerprint density at radius 3 is 2.45 bits per heavy atom. The van der Waals surface area contributed by atoms with Gasteiger partial charge in [0, 0.05) is 23.9 Å². The third kappa shape index (κ3) is 5.22. The van der Waals surface area contributed by atoms with Crippen molar-refractivity contribution in [1.82, 2.24) is 9.97 Å². The summed E-state index contributed by atoms with van der Waals surface area (Å²) in [6.07, 6.45) is 0. The van der Waals surface area contributed by atoms with Gasteiger partial charge in [0.2, 0.25) is 0 Å². The molecule has 3 rings (SSSR count). The van der Waals surface area contributed by atoms with Crippen LogP contribution in [0.4, 0.5) is 17.3 Å². The largest absolute Gasteiger partial charge is 0.493 e. The molecule has 1 aromatic heterocycles. The first-order valence-electron chi connectivity index (χ1n) is 9.17. The minimum absolute atomic E-state index is 0.0183. The molecule has 3 aromatic rings. The third-order valence-corrected chi connectivity index (χ3v) is 4.30. The lowest BCUT2D eigenvalue weighted by molar-refractivity contribution is 0.101. The van der Waals surface area contributed by atoms with Gasteiger partial charge in [-0.3, -0.25) is 4.79 Å². The molecular formula is C22H24N4O3. The van der Waals surface area contributed by atoms with Crippen LogP contribution in [0.1, 0.15) is 28.7 Å². The number of rotatable bonds is 8. The van der Waals surface area contributed by atoms with Gasteiger partial charge in [-0.2, -0.15) is 0 Å². The molecular weight excluding hydrogens is 368 g/mol. The lowest BCUT2D eigenvalue weighted by atomic mass is 10.1. The topological polar surface area (TPSA) is 85.4 Å². The maximum Gasteiger partial charge on any atom is 0.161 e. The summed E-state index contributed by atoms with van der Waals surface area (Å²) in [6.45, 7) is 3.94. The highest BCUT2D eigenvalue weighted by molar-refractivity contribution is 5.95. The summed E-state index contributed by atoms with van der Waals surface area (Å²) in [5.74, 6) is 3.36. The summed E-state index contributed by atoms with van der Waals surface area (Å²) >= 11 is 0. The zero-order valence-electron chi connectivity index (χ0n) is 16.9. The number of carbonyl (C=O) groups excluding carboxylic acids is 1. The summed E-state index contributed by atoms with van der Waals surface area (Å²) in [5.41, 5.74) is 2.47. The fourth-order valence-electron chi connectivity index (χ4n) is 2.87. The number of Topliss-reactive ketones (excluding diaryl/α,β-unsaturated/α-hetero) is 1. The van der Waals surface area contributed by atoms with Crippen molar-refractivity contribution in [2.45, 2.75) is 20.4 Å². The van der Waals surface area contributed by atoms with Gasteiger partial charge in [0.15, 0.2) is 17.3 Å². The molecule has 29 heavy (non-hydrogen) atoms. The molecule has 150 valence electrons. The highest BCUT2D eigenvalue weighted by Gasteiger charge is 2.07. The average Bonchev–Trinajstić information content (AvgIpc) is 2.71. The molecule has 0 saturated carbocycles. The first-order chi connectivity index (χ1) is 14.0. The van der Waals surface area contributed by atoms with E-state index < -0.39 is 0 Å². The number of aromatic nitrogens is 2. The molecule has 0 spiro atoms. The number of nitrogens with zero attached hydrogens (tertiary/aromatic N) is 2. The Morgan fingerprint density at radius 1 is 0.966 bits per heavy atom. The van der Waals surface area contributed by atoms with Crippen molar-refractivity contribution in [1.29, 1.82) is 0 Å². The molecule has 0 aliphatic heterocycles. The predicted octanol–water partition coefficient (Wildman–Crippen LogP) is 4.36. The van der Waals surface area contributed by atoms with E-state index in [0.717, 1.165) is 11.3 Å². The summed E-state index contributed by atoms with van der Waals surface area (Å²) in [5, 5.41) is 6.54. The van der Waals surface area contributed by atoms with Crippen molar-refractivity contribution in [3.8, 4) is 11.5 Å². The van der Waals surface area contributed by atoms with Gasteiger partial charge in [0.05, 0.1) is 14.2 Å². The van der Waals surface area contributed by atoms with Crippen molar-refractivity contribution in [3.05, 3.63) is 65.5 Å². The van der Waals surface area contributed by atoms with E-state index in [1.54, 1.807) is 33.3 Å². The van der Waals surface area contributed by atoms with Crippen molar-refractivity contribution in [3.63, 3.8) is 0 Å². The number of hydrogen-bond acceptors (Lipinski definition) is 7. The number of ketones is 1. The highest BCUT2D eigenvalue weighted by Crippen LogP contribution is 2.28. The van der Waals surface area contributed by atoms with E-state index in [9.17, 15) is 4.79 Å². The van der Waals surface area contributed by atoms with Crippen LogP contribution in [0.3, 0.4) is 0 Å². The molecule has 0 fully saturated rings. The van der Waals surface area contributed by atoms with E-state index in [-0.39, 0.29) is 5.78 Å². The van der Waals surface area contributed by atoms with Crippen LogP contribution in [0.2, 0.25) is 0 Å². The summed E-state index contributed by atoms with van der Waals surface area (Å²) < 4.78 is 10.6. The van der Waals surface area contributed by atoms with Crippen LogP contribution in [-0.4, -0.2) is 30.0 Å². The van der Waals surface area contributed by atoms with E-state index in [2.05, 4.69) is 20.6 Å². The number of aryl methyl sites for hydroxylation is 1. The van der Waals surface area contributed by atoms with Gasteiger partial charge in [-0.05, 0) is 43.7 Å². The Balaban J connectivity index is 1.74. The van der Waals surface area contributed by atoms with E-state index in [1.807, 2.05) is 43.3 Å². The maximum absolute atomic E-state index is 11.6. The quantitative estimate of drug-likeness (QED) is 0.551. The number of anilines is 3. The van der Waals surface area contributed by atoms with Crippen molar-refractivity contribution >= 4 is 23.1 Å². The molecule has 0 bridgehead atoms. The van der Waals surface area contributed by atoms with Gasteiger partial charge in [-0.1, -0.05) is 18.2 Å². The first kappa shape index (κ1) is 20.1. The second-order valence-corrected chi connectivity index (χ2v) is 6.49. The van der Waals surface area contributed by atoms with Gasteiger partial charge >= 0.3 is 0 Å². The molecule has 0 aliphatic carbocycles. The summed E-state index contributed by atoms with van der Waals surface area (Å²) in [6, 6.07) is 14.9. The minimum atomic E-state index is 0.0183. The van der Waals surface area contributed by atoms with Gasteiger partial charge in [0.1, 0.15) is 17.5 Å². The van der Waals surface area contributed by atoms with E-state index in [1.165, 1.54) is 0 Å². The smallest absolute Gasteiger partial charge is 0.161 e. The van der Waals surface area contributed by atoms with Crippen LogP contribution in [0.25, 0.3) is 0 Å². The Kier molecular flexibility index (Phi) is 6.29. The monoisotopic (exact) mass is 392 g/mol. The van der Waals surface area contributed by atoms with Gasteiger partial charge < -0.3 is 20.1 Å². The average molecular weight is 392 g/mol. The molecule has 0 unspecified atom stereocenters. The standard InChI is InChI=1S/C22H24N4O3/c1-14(27)17-6-5-7-18(11-17)26-22-12-21(24-15(2)25-22)23-13-16-8-9-19(28-3)20(10-16)29-4/h5-12H,13H2,1-4H3,(H2,23,24,25,26). The van der Waals surface area contributed by atoms with E-state index in [0.29, 0.717) is 41.1 Å². The van der Waals surface area contributed by atoms with Crippen molar-refractivity contribution in [2.75, 3.05) is 24.9 Å².